The Labute approximate surface area is 153 Å². The quantitative estimate of drug-likeness (QED) is 0.769. The van der Waals surface area contributed by atoms with E-state index in [0.29, 0.717) is 5.56 Å². The first kappa shape index (κ1) is 19.4. The van der Waals surface area contributed by atoms with Crippen LogP contribution in [-0.2, 0) is 20.9 Å². The highest BCUT2D eigenvalue weighted by Gasteiger charge is 2.32. The molecule has 0 saturated carbocycles. The minimum absolute atomic E-state index is 0.109. The lowest BCUT2D eigenvalue weighted by Gasteiger charge is -2.25. The molecule has 0 saturated heterocycles. The van der Waals surface area contributed by atoms with Crippen LogP contribution in [0.25, 0.3) is 0 Å². The Kier molecular flexibility index (Phi) is 6.67. The molecule has 0 radical (unpaired) electrons. The molecule has 0 aliphatic rings. The Morgan fingerprint density at radius 3 is 2.04 bits per heavy atom. The van der Waals surface area contributed by atoms with E-state index in [9.17, 15) is 14.4 Å². The van der Waals surface area contributed by atoms with Crippen molar-refractivity contribution in [3.05, 3.63) is 71.3 Å². The lowest BCUT2D eigenvalue weighted by Crippen LogP contribution is -2.39. The molecule has 136 valence electrons. The highest BCUT2D eigenvalue weighted by atomic mass is 16.5. The summed E-state index contributed by atoms with van der Waals surface area (Å²) in [4.78, 5) is 36.3. The Balaban J connectivity index is 2.17. The van der Waals surface area contributed by atoms with Gasteiger partial charge in [0.25, 0.3) is 0 Å². The first-order valence-corrected chi connectivity index (χ1v) is 8.43. The summed E-state index contributed by atoms with van der Waals surface area (Å²) >= 11 is 0. The Hall–Kier alpha value is -2.95. The third-order valence-electron chi connectivity index (χ3n) is 4.13. The van der Waals surface area contributed by atoms with Crippen LogP contribution in [0, 0.1) is 12.8 Å². The SMILES string of the molecule is CC(=O)C(C(C)=O)C(NC(=O)OCc1ccccc1)c1ccc(C)cc1. The van der Waals surface area contributed by atoms with Crippen LogP contribution >= 0.6 is 0 Å². The predicted octanol–water partition coefficient (Wildman–Crippen LogP) is 3.76. The highest BCUT2D eigenvalue weighted by molar-refractivity contribution is 6.01. The molecule has 1 unspecified atom stereocenters. The number of alkyl carbamates (subject to hydrolysis) is 1. The van der Waals surface area contributed by atoms with E-state index in [1.807, 2.05) is 49.4 Å². The zero-order valence-electron chi connectivity index (χ0n) is 15.2. The molecule has 2 aromatic rings. The standard InChI is InChI=1S/C21H23NO4/c1-14-9-11-18(12-10-14)20(19(15(2)23)16(3)24)22-21(25)26-13-17-7-5-4-6-8-17/h4-12,19-20H,13H2,1-3H3,(H,22,25). The summed E-state index contributed by atoms with van der Waals surface area (Å²) in [5, 5.41) is 2.68. The van der Waals surface area contributed by atoms with Gasteiger partial charge in [0.1, 0.15) is 24.1 Å². The van der Waals surface area contributed by atoms with Crippen molar-refractivity contribution in [2.24, 2.45) is 5.92 Å². The van der Waals surface area contributed by atoms with Crippen molar-refractivity contribution in [3.8, 4) is 0 Å². The molecular formula is C21H23NO4. The molecule has 5 heteroatoms. The number of carbonyl (C=O) groups is 3. The fraction of sp³-hybridized carbons (Fsp3) is 0.286. The topological polar surface area (TPSA) is 72.5 Å². The van der Waals surface area contributed by atoms with E-state index in [2.05, 4.69) is 5.32 Å². The molecule has 2 aromatic carbocycles. The van der Waals surface area contributed by atoms with Crippen LogP contribution in [0.5, 0.6) is 0 Å². The minimum atomic E-state index is -0.956. The second kappa shape index (κ2) is 8.94. The van der Waals surface area contributed by atoms with E-state index in [0.717, 1.165) is 11.1 Å². The fourth-order valence-corrected chi connectivity index (χ4v) is 2.78. The third-order valence-corrected chi connectivity index (χ3v) is 4.13. The Morgan fingerprint density at radius 1 is 0.923 bits per heavy atom. The van der Waals surface area contributed by atoms with Crippen LogP contribution in [-0.4, -0.2) is 17.7 Å². The van der Waals surface area contributed by atoms with Gasteiger partial charge >= 0.3 is 6.09 Å². The number of Topliss-reactive ketones (excluding diaryl/α,β-unsaturated/α-hetero) is 2. The van der Waals surface area contributed by atoms with Gasteiger partial charge in [0.2, 0.25) is 0 Å². The number of hydrogen-bond acceptors (Lipinski definition) is 4. The van der Waals surface area contributed by atoms with Crippen LogP contribution in [0.1, 0.15) is 36.6 Å². The molecule has 0 spiro atoms. The summed E-state index contributed by atoms with van der Waals surface area (Å²) in [6.07, 6.45) is -0.674. The Morgan fingerprint density at radius 2 is 1.50 bits per heavy atom. The number of ketones is 2. The average Bonchev–Trinajstić information content (AvgIpc) is 2.60. The zero-order valence-corrected chi connectivity index (χ0v) is 15.2. The number of carbonyl (C=O) groups excluding carboxylic acids is 3. The van der Waals surface area contributed by atoms with Crippen molar-refractivity contribution >= 4 is 17.7 Å². The van der Waals surface area contributed by atoms with Gasteiger partial charge in [-0.2, -0.15) is 0 Å². The second-order valence-corrected chi connectivity index (χ2v) is 6.29. The van der Waals surface area contributed by atoms with Gasteiger partial charge in [-0.15, -0.1) is 0 Å². The monoisotopic (exact) mass is 353 g/mol. The van der Waals surface area contributed by atoms with E-state index in [-0.39, 0.29) is 18.2 Å². The van der Waals surface area contributed by atoms with Gasteiger partial charge in [0.15, 0.2) is 0 Å². The molecule has 0 aromatic heterocycles. The van der Waals surface area contributed by atoms with Crippen molar-refractivity contribution in [1.82, 2.24) is 5.32 Å². The molecule has 0 heterocycles. The van der Waals surface area contributed by atoms with Crippen molar-refractivity contribution in [1.29, 1.82) is 0 Å². The van der Waals surface area contributed by atoms with Gasteiger partial charge in [-0.25, -0.2) is 4.79 Å². The zero-order chi connectivity index (χ0) is 19.1. The molecule has 2 rings (SSSR count). The first-order chi connectivity index (χ1) is 12.4. The van der Waals surface area contributed by atoms with Gasteiger partial charge in [-0.3, -0.25) is 9.59 Å². The van der Waals surface area contributed by atoms with Crippen LogP contribution in [0.3, 0.4) is 0 Å². The summed E-state index contributed by atoms with van der Waals surface area (Å²) in [5.41, 5.74) is 2.58. The fourth-order valence-electron chi connectivity index (χ4n) is 2.78. The van der Waals surface area contributed by atoms with E-state index in [1.165, 1.54) is 13.8 Å². The smallest absolute Gasteiger partial charge is 0.407 e. The van der Waals surface area contributed by atoms with E-state index in [1.54, 1.807) is 12.1 Å². The number of hydrogen-bond donors (Lipinski definition) is 1. The van der Waals surface area contributed by atoms with Crippen molar-refractivity contribution < 1.29 is 19.1 Å². The molecule has 1 N–H and O–H groups in total. The van der Waals surface area contributed by atoms with Crippen molar-refractivity contribution in [3.63, 3.8) is 0 Å². The maximum absolute atomic E-state index is 12.3. The van der Waals surface area contributed by atoms with Gasteiger partial charge in [0.05, 0.1) is 6.04 Å². The lowest BCUT2D eigenvalue weighted by molar-refractivity contribution is -0.131. The van der Waals surface area contributed by atoms with Gasteiger partial charge in [0, 0.05) is 0 Å². The number of ether oxygens (including phenoxy) is 1. The number of amides is 1. The number of aryl methyl sites for hydroxylation is 1. The maximum Gasteiger partial charge on any atom is 0.407 e. The van der Waals surface area contributed by atoms with E-state index < -0.39 is 18.1 Å². The summed E-state index contributed by atoms with van der Waals surface area (Å²) in [5.74, 6) is -1.56. The number of nitrogens with one attached hydrogen (secondary N) is 1. The van der Waals surface area contributed by atoms with Crippen molar-refractivity contribution in [2.45, 2.75) is 33.4 Å². The van der Waals surface area contributed by atoms with E-state index >= 15 is 0 Å². The first-order valence-electron chi connectivity index (χ1n) is 8.43. The molecule has 0 aliphatic carbocycles. The van der Waals surface area contributed by atoms with Crippen LogP contribution in [0.15, 0.2) is 54.6 Å². The van der Waals surface area contributed by atoms with E-state index in [4.69, 9.17) is 4.74 Å². The molecule has 0 bridgehead atoms. The number of rotatable bonds is 7. The van der Waals surface area contributed by atoms with Crippen molar-refractivity contribution in [2.75, 3.05) is 0 Å². The minimum Gasteiger partial charge on any atom is -0.445 e. The van der Waals surface area contributed by atoms with Crippen LogP contribution in [0.2, 0.25) is 0 Å². The average molecular weight is 353 g/mol. The van der Waals surface area contributed by atoms with Gasteiger partial charge in [-0.1, -0.05) is 60.2 Å². The molecule has 0 aliphatic heterocycles. The third kappa shape index (κ3) is 5.28. The summed E-state index contributed by atoms with van der Waals surface area (Å²) in [7, 11) is 0. The van der Waals surface area contributed by atoms with Crippen LogP contribution in [0.4, 0.5) is 4.79 Å². The molecule has 5 nitrogen and oxygen atoms in total. The molecule has 26 heavy (non-hydrogen) atoms. The summed E-state index contributed by atoms with van der Waals surface area (Å²) in [6.45, 7) is 4.75. The largest absolute Gasteiger partial charge is 0.445 e. The van der Waals surface area contributed by atoms with Gasteiger partial charge < -0.3 is 10.1 Å². The highest BCUT2D eigenvalue weighted by Crippen LogP contribution is 2.25. The molecule has 1 amide bonds. The number of benzene rings is 2. The molecule has 1 atom stereocenters. The van der Waals surface area contributed by atoms with Crippen LogP contribution < -0.4 is 5.32 Å². The lowest BCUT2D eigenvalue weighted by atomic mass is 9.87. The second-order valence-electron chi connectivity index (χ2n) is 6.29. The normalized spacial score (nSPS) is 11.7. The molecular weight excluding hydrogens is 330 g/mol. The summed E-state index contributed by atoms with van der Waals surface area (Å²) < 4.78 is 5.24. The summed E-state index contributed by atoms with van der Waals surface area (Å²) in [6, 6.07) is 15.9. The van der Waals surface area contributed by atoms with Gasteiger partial charge in [-0.05, 0) is 31.9 Å². The Bertz CT molecular complexity index is 754. The molecule has 0 fully saturated rings. The predicted molar refractivity (Wildman–Crippen MR) is 98.5 cm³/mol. The maximum atomic E-state index is 12.3.